The third-order valence-corrected chi connectivity index (χ3v) is 11.2. The van der Waals surface area contributed by atoms with Gasteiger partial charge in [-0.2, -0.15) is 8.42 Å². The number of hydrogen-bond acceptors (Lipinski definition) is 11. The average Bonchev–Trinajstić information content (AvgIpc) is 3.34. The minimum absolute atomic E-state index is 0.00524. The van der Waals surface area contributed by atoms with Gasteiger partial charge in [-0.25, -0.2) is 4.18 Å². The van der Waals surface area contributed by atoms with E-state index in [9.17, 15) is 33.1 Å². The van der Waals surface area contributed by atoms with E-state index in [1.54, 1.807) is 0 Å². The molecule has 13 heteroatoms. The monoisotopic (exact) mass is 999 g/mol. The summed E-state index contributed by atoms with van der Waals surface area (Å²) in [4.78, 5) is 12.9. The molecular formula is C57H90O12S. The van der Waals surface area contributed by atoms with E-state index in [1.165, 1.54) is 19.3 Å². The summed E-state index contributed by atoms with van der Waals surface area (Å²) in [6.07, 6.45) is 59.1. The Labute approximate surface area is 423 Å². The van der Waals surface area contributed by atoms with Gasteiger partial charge in [-0.05, 0) is 103 Å². The fourth-order valence-corrected chi connectivity index (χ4v) is 7.45. The molecule has 1 aliphatic heterocycles. The molecule has 70 heavy (non-hydrogen) atoms. The van der Waals surface area contributed by atoms with Crippen LogP contribution in [0.25, 0.3) is 0 Å². The van der Waals surface area contributed by atoms with Crippen molar-refractivity contribution in [3.63, 3.8) is 0 Å². The van der Waals surface area contributed by atoms with Crippen LogP contribution in [0.15, 0.2) is 134 Å². The van der Waals surface area contributed by atoms with E-state index in [2.05, 4.69) is 146 Å². The van der Waals surface area contributed by atoms with E-state index in [-0.39, 0.29) is 19.6 Å². The summed E-state index contributed by atoms with van der Waals surface area (Å²) in [5, 5.41) is 30.8. The number of unbranched alkanes of at least 4 members (excludes halogenated alkanes) is 8. The maximum Gasteiger partial charge on any atom is 0.397 e. The van der Waals surface area contributed by atoms with Gasteiger partial charge in [-0.3, -0.25) is 9.35 Å². The topological polar surface area (TPSA) is 178 Å². The Morgan fingerprint density at radius 3 is 1.37 bits per heavy atom. The van der Waals surface area contributed by atoms with Crippen LogP contribution in [-0.4, -0.2) is 97.5 Å². The fourth-order valence-electron chi connectivity index (χ4n) is 6.95. The zero-order valence-corrected chi connectivity index (χ0v) is 43.3. The lowest BCUT2D eigenvalue weighted by atomic mass is 9.99. The average molecular weight is 999 g/mol. The van der Waals surface area contributed by atoms with E-state index < -0.39 is 59.8 Å². The number of rotatable bonds is 43. The maximum atomic E-state index is 12.9. The van der Waals surface area contributed by atoms with Crippen molar-refractivity contribution in [1.82, 2.24) is 0 Å². The van der Waals surface area contributed by atoms with Crippen LogP contribution in [0.5, 0.6) is 0 Å². The Balaban J connectivity index is 2.44. The SMILES string of the molecule is CC/C=C\C/C=C\C/C=C\C/C=C\C/C=C\C/C=C\C/C=C\CCCC(=O)OC(COCCCCCCCCC/C=C\C/C=C\C/C=C\C/C=C\CC)COC1OC(CO)C(O)C(OS(=O)(=O)O)C1O. The van der Waals surface area contributed by atoms with Crippen molar-refractivity contribution < 1.29 is 56.2 Å². The fraction of sp³-hybridized carbons (Fsp3) is 0.596. The van der Waals surface area contributed by atoms with Gasteiger partial charge in [0.05, 0.1) is 19.8 Å². The second-order valence-corrected chi connectivity index (χ2v) is 18.0. The number of allylic oxidation sites excluding steroid dienone is 22. The Morgan fingerprint density at radius 2 is 0.943 bits per heavy atom. The first-order chi connectivity index (χ1) is 34.1. The van der Waals surface area contributed by atoms with Gasteiger partial charge in [0.15, 0.2) is 6.29 Å². The molecule has 6 unspecified atom stereocenters. The molecule has 0 bridgehead atoms. The molecule has 1 heterocycles. The van der Waals surface area contributed by atoms with Crippen LogP contribution in [0.3, 0.4) is 0 Å². The summed E-state index contributed by atoms with van der Waals surface area (Å²) in [5.74, 6) is -0.467. The Hall–Kier alpha value is -3.76. The number of aliphatic hydroxyl groups excluding tert-OH is 3. The van der Waals surface area contributed by atoms with Gasteiger partial charge in [0, 0.05) is 13.0 Å². The van der Waals surface area contributed by atoms with Gasteiger partial charge in [-0.15, -0.1) is 0 Å². The molecule has 0 saturated carbocycles. The van der Waals surface area contributed by atoms with E-state index in [0.29, 0.717) is 19.4 Å². The van der Waals surface area contributed by atoms with Crippen LogP contribution in [0, 0.1) is 0 Å². The standard InChI is InChI=1S/C57H90O12S/c1-3-5-7-9-11-13-15-17-19-21-23-25-26-27-28-30-32-34-36-38-40-42-44-46-53(59)67-51(50-66-57-55(61)56(69-70(62,63)64)54(60)52(48-58)68-57)49-65-47-45-43-41-39-37-35-33-31-29-24-22-20-18-16-14-12-10-8-6-4-2/h5-8,11-14,17-20,23-25,27-29,32,34,38,40,51-52,54-58,60-61H,3-4,9-10,15-16,21-22,26,30-31,33,35-37,39,41-50H2,1-2H3,(H,62,63,64)/b7-5-,8-6-,13-11-,14-12-,19-17-,20-18-,25-23-,28-27-,29-24-,34-32-,40-38-. The summed E-state index contributed by atoms with van der Waals surface area (Å²) in [6.45, 7) is 3.64. The van der Waals surface area contributed by atoms with E-state index in [0.717, 1.165) is 103 Å². The largest absolute Gasteiger partial charge is 0.457 e. The van der Waals surface area contributed by atoms with E-state index in [4.69, 9.17) is 18.9 Å². The molecule has 1 saturated heterocycles. The molecular weight excluding hydrogens is 909 g/mol. The molecule has 1 fully saturated rings. The number of carbonyl (C=O) groups is 1. The van der Waals surface area contributed by atoms with Gasteiger partial charge in [-0.1, -0.05) is 180 Å². The van der Waals surface area contributed by atoms with Crippen LogP contribution in [0.4, 0.5) is 0 Å². The second kappa shape index (κ2) is 46.3. The van der Waals surface area contributed by atoms with Crippen molar-refractivity contribution in [3.05, 3.63) is 134 Å². The highest BCUT2D eigenvalue weighted by Gasteiger charge is 2.48. The Bertz CT molecular complexity index is 1720. The molecule has 0 radical (unpaired) electrons. The summed E-state index contributed by atoms with van der Waals surface area (Å²) in [7, 11) is -5.08. The zero-order valence-electron chi connectivity index (χ0n) is 42.5. The van der Waals surface area contributed by atoms with Gasteiger partial charge in [0.25, 0.3) is 0 Å². The first-order valence-electron chi connectivity index (χ1n) is 25.9. The Morgan fingerprint density at radius 1 is 0.543 bits per heavy atom. The molecule has 4 N–H and O–H groups in total. The summed E-state index contributed by atoms with van der Waals surface area (Å²) in [6, 6.07) is 0. The summed E-state index contributed by atoms with van der Waals surface area (Å²) in [5.41, 5.74) is 0. The highest BCUT2D eigenvalue weighted by molar-refractivity contribution is 7.80. The predicted octanol–water partition coefficient (Wildman–Crippen LogP) is 12.3. The molecule has 0 aromatic heterocycles. The van der Waals surface area contributed by atoms with Crippen LogP contribution >= 0.6 is 0 Å². The first kappa shape index (κ1) is 64.3. The van der Waals surface area contributed by atoms with Crippen molar-refractivity contribution in [1.29, 1.82) is 0 Å². The lowest BCUT2D eigenvalue weighted by molar-refractivity contribution is -0.301. The number of carbonyl (C=O) groups excluding carboxylic acids is 1. The highest BCUT2D eigenvalue weighted by atomic mass is 32.3. The number of esters is 1. The third-order valence-electron chi connectivity index (χ3n) is 10.8. The number of aliphatic hydroxyl groups is 3. The maximum absolute atomic E-state index is 12.9. The molecule has 0 aliphatic carbocycles. The molecule has 6 atom stereocenters. The van der Waals surface area contributed by atoms with Gasteiger partial charge in [0.1, 0.15) is 30.5 Å². The molecule has 396 valence electrons. The molecule has 12 nitrogen and oxygen atoms in total. The molecule has 0 amide bonds. The number of ether oxygens (including phenoxy) is 4. The molecule has 0 spiro atoms. The van der Waals surface area contributed by atoms with Crippen LogP contribution in [0.2, 0.25) is 0 Å². The van der Waals surface area contributed by atoms with Crippen LogP contribution < -0.4 is 0 Å². The van der Waals surface area contributed by atoms with E-state index >= 15 is 0 Å². The highest BCUT2D eigenvalue weighted by Crippen LogP contribution is 2.26. The smallest absolute Gasteiger partial charge is 0.397 e. The van der Waals surface area contributed by atoms with Gasteiger partial charge in [0.2, 0.25) is 0 Å². The zero-order chi connectivity index (χ0) is 51.0. The van der Waals surface area contributed by atoms with Crippen molar-refractivity contribution in [2.24, 2.45) is 0 Å². The molecule has 1 aliphatic rings. The predicted molar refractivity (Wildman–Crippen MR) is 284 cm³/mol. The quantitative estimate of drug-likeness (QED) is 0.0197. The van der Waals surface area contributed by atoms with Crippen LogP contribution in [0.1, 0.15) is 155 Å². The molecule has 1 rings (SSSR count). The minimum atomic E-state index is -5.08. The number of hydrogen-bond donors (Lipinski definition) is 4. The van der Waals surface area contributed by atoms with E-state index in [1.807, 2.05) is 6.08 Å². The van der Waals surface area contributed by atoms with Crippen LogP contribution in [-0.2, 0) is 38.3 Å². The van der Waals surface area contributed by atoms with Crippen molar-refractivity contribution >= 4 is 16.4 Å². The lowest BCUT2D eigenvalue weighted by Gasteiger charge is -2.41. The summed E-state index contributed by atoms with van der Waals surface area (Å²) < 4.78 is 59.2. The van der Waals surface area contributed by atoms with Gasteiger partial charge >= 0.3 is 16.4 Å². The molecule has 0 aromatic carbocycles. The third kappa shape index (κ3) is 38.9. The minimum Gasteiger partial charge on any atom is -0.457 e. The second-order valence-electron chi connectivity index (χ2n) is 17.0. The van der Waals surface area contributed by atoms with Crippen molar-refractivity contribution in [2.45, 2.75) is 192 Å². The van der Waals surface area contributed by atoms with Crippen molar-refractivity contribution in [3.8, 4) is 0 Å². The Kier molecular flexibility index (Phi) is 42.5. The van der Waals surface area contributed by atoms with Gasteiger partial charge < -0.3 is 34.3 Å². The molecule has 0 aromatic rings. The normalized spacial score (nSPS) is 20.2. The summed E-state index contributed by atoms with van der Waals surface area (Å²) >= 11 is 0. The lowest BCUT2D eigenvalue weighted by Crippen LogP contribution is -2.60. The van der Waals surface area contributed by atoms with Crippen molar-refractivity contribution in [2.75, 3.05) is 26.4 Å². The first-order valence-corrected chi connectivity index (χ1v) is 27.3.